The fourth-order valence-electron chi connectivity index (χ4n) is 2.97. The van der Waals surface area contributed by atoms with E-state index in [1.54, 1.807) is 0 Å². The van der Waals surface area contributed by atoms with Gasteiger partial charge in [0.25, 0.3) is 0 Å². The predicted octanol–water partition coefficient (Wildman–Crippen LogP) is 1.27. The number of hydrogen-bond donors (Lipinski definition) is 1. The minimum absolute atomic E-state index is 0.0209. The molecule has 2 saturated heterocycles. The van der Waals surface area contributed by atoms with E-state index in [1.807, 2.05) is 6.07 Å². The van der Waals surface area contributed by atoms with Crippen molar-refractivity contribution in [1.82, 2.24) is 4.90 Å². The van der Waals surface area contributed by atoms with Crippen LogP contribution in [0.1, 0.15) is 12.0 Å². The number of rotatable bonds is 2. The van der Waals surface area contributed by atoms with Crippen molar-refractivity contribution in [1.29, 1.82) is 0 Å². The fraction of sp³-hybridized carbons (Fsp3) is 0.571. The molecule has 0 radical (unpaired) electrons. The molecule has 17 heavy (non-hydrogen) atoms. The van der Waals surface area contributed by atoms with Crippen molar-refractivity contribution in [3.8, 4) is 0 Å². The molecule has 1 aromatic rings. The Morgan fingerprint density at radius 2 is 2.06 bits per heavy atom. The molecule has 1 unspecified atom stereocenters. The molecule has 0 aliphatic carbocycles. The molecule has 3 rings (SSSR count). The van der Waals surface area contributed by atoms with Gasteiger partial charge in [-0.15, -0.1) is 0 Å². The van der Waals surface area contributed by atoms with Crippen LogP contribution < -0.4 is 0 Å². The zero-order valence-electron chi connectivity index (χ0n) is 10.0. The molecule has 1 spiro atoms. The van der Waals surface area contributed by atoms with Crippen LogP contribution in [0.25, 0.3) is 0 Å². The molecule has 1 aromatic carbocycles. The molecule has 92 valence electrons. The Bertz CT molecular complexity index is 373. The summed E-state index contributed by atoms with van der Waals surface area (Å²) < 4.78 is 5.51. The van der Waals surface area contributed by atoms with Crippen LogP contribution in [0, 0.1) is 5.41 Å². The van der Waals surface area contributed by atoms with Gasteiger partial charge in [-0.2, -0.15) is 0 Å². The van der Waals surface area contributed by atoms with Crippen LogP contribution in [-0.2, 0) is 11.3 Å². The number of aliphatic hydroxyl groups excluding tert-OH is 1. The van der Waals surface area contributed by atoms with Crippen LogP contribution >= 0.6 is 0 Å². The van der Waals surface area contributed by atoms with E-state index in [9.17, 15) is 5.11 Å². The van der Waals surface area contributed by atoms with Gasteiger partial charge in [-0.25, -0.2) is 0 Å². The molecule has 3 nitrogen and oxygen atoms in total. The van der Waals surface area contributed by atoms with Gasteiger partial charge in [-0.05, 0) is 12.0 Å². The van der Waals surface area contributed by atoms with Crippen LogP contribution in [0.3, 0.4) is 0 Å². The van der Waals surface area contributed by atoms with Crippen LogP contribution in [0.2, 0.25) is 0 Å². The number of hydrogen-bond acceptors (Lipinski definition) is 3. The van der Waals surface area contributed by atoms with Crippen molar-refractivity contribution in [3.63, 3.8) is 0 Å². The zero-order chi connectivity index (χ0) is 11.7. The zero-order valence-corrected chi connectivity index (χ0v) is 10.0. The van der Waals surface area contributed by atoms with E-state index in [4.69, 9.17) is 4.74 Å². The Morgan fingerprint density at radius 1 is 1.29 bits per heavy atom. The van der Waals surface area contributed by atoms with Crippen molar-refractivity contribution in [2.24, 2.45) is 5.41 Å². The summed E-state index contributed by atoms with van der Waals surface area (Å²) in [6, 6.07) is 10.5. The highest BCUT2D eigenvalue weighted by atomic mass is 16.5. The lowest BCUT2D eigenvalue weighted by molar-refractivity contribution is -0.171. The van der Waals surface area contributed by atoms with Crippen molar-refractivity contribution < 1.29 is 9.84 Å². The predicted molar refractivity (Wildman–Crippen MR) is 65.6 cm³/mol. The molecular formula is C14H19NO2. The number of ether oxygens (including phenoxy) is 1. The van der Waals surface area contributed by atoms with E-state index in [1.165, 1.54) is 5.56 Å². The monoisotopic (exact) mass is 233 g/mol. The third kappa shape index (κ3) is 2.10. The average molecular weight is 233 g/mol. The summed E-state index contributed by atoms with van der Waals surface area (Å²) in [6.07, 6.45) is 0.613. The maximum absolute atomic E-state index is 10.1. The lowest BCUT2D eigenvalue weighted by Crippen LogP contribution is -2.65. The Labute approximate surface area is 102 Å². The molecule has 1 atom stereocenters. The number of benzene rings is 1. The van der Waals surface area contributed by atoms with Crippen LogP contribution in [0.4, 0.5) is 0 Å². The van der Waals surface area contributed by atoms with Gasteiger partial charge in [0, 0.05) is 31.7 Å². The Balaban J connectivity index is 1.57. The summed E-state index contributed by atoms with van der Waals surface area (Å²) in [7, 11) is 0. The number of nitrogens with zero attached hydrogens (tertiary/aromatic N) is 1. The molecule has 2 fully saturated rings. The van der Waals surface area contributed by atoms with E-state index in [2.05, 4.69) is 29.2 Å². The molecule has 1 N–H and O–H groups in total. The summed E-state index contributed by atoms with van der Waals surface area (Å²) in [5, 5.41) is 10.1. The van der Waals surface area contributed by atoms with E-state index < -0.39 is 0 Å². The number of likely N-dealkylation sites (tertiary alicyclic amines) is 1. The maximum Gasteiger partial charge on any atom is 0.0665 e. The number of aliphatic hydroxyl groups is 1. The highest BCUT2D eigenvalue weighted by molar-refractivity contribution is 5.15. The lowest BCUT2D eigenvalue weighted by atomic mass is 9.73. The normalized spacial score (nSPS) is 27.9. The van der Waals surface area contributed by atoms with Crippen molar-refractivity contribution in [3.05, 3.63) is 35.9 Å². The van der Waals surface area contributed by atoms with E-state index >= 15 is 0 Å². The Kier molecular flexibility index (Phi) is 2.90. The van der Waals surface area contributed by atoms with E-state index in [0.717, 1.165) is 32.7 Å². The summed E-state index contributed by atoms with van der Waals surface area (Å²) in [5.74, 6) is 0. The summed E-state index contributed by atoms with van der Waals surface area (Å²) in [6.45, 7) is 4.34. The lowest BCUT2D eigenvalue weighted by Gasteiger charge is -2.54. The van der Waals surface area contributed by atoms with Gasteiger partial charge in [0.1, 0.15) is 0 Å². The van der Waals surface area contributed by atoms with Gasteiger partial charge >= 0.3 is 0 Å². The minimum Gasteiger partial charge on any atom is -0.392 e. The largest absolute Gasteiger partial charge is 0.392 e. The second kappa shape index (κ2) is 4.41. The maximum atomic E-state index is 10.1. The van der Waals surface area contributed by atoms with Gasteiger partial charge in [0.2, 0.25) is 0 Å². The second-order valence-electron chi connectivity index (χ2n) is 5.35. The Hall–Kier alpha value is -0.900. The molecule has 2 aliphatic rings. The molecule has 2 heterocycles. The third-order valence-corrected chi connectivity index (χ3v) is 3.96. The standard InChI is InChI=1S/C14H19NO2/c16-13-6-7-17-11-14(13)9-15(10-14)8-12-4-2-1-3-5-12/h1-5,13,16H,6-11H2. The second-order valence-corrected chi connectivity index (χ2v) is 5.35. The molecule has 2 aliphatic heterocycles. The summed E-state index contributed by atoms with van der Waals surface area (Å²) >= 11 is 0. The van der Waals surface area contributed by atoms with Gasteiger partial charge in [0.05, 0.1) is 12.7 Å². The van der Waals surface area contributed by atoms with Gasteiger partial charge < -0.3 is 9.84 Å². The fourth-order valence-corrected chi connectivity index (χ4v) is 2.97. The first-order chi connectivity index (χ1) is 8.28. The topological polar surface area (TPSA) is 32.7 Å². The third-order valence-electron chi connectivity index (χ3n) is 3.96. The van der Waals surface area contributed by atoms with Gasteiger partial charge in [-0.1, -0.05) is 30.3 Å². The molecular weight excluding hydrogens is 214 g/mol. The van der Waals surface area contributed by atoms with Crippen molar-refractivity contribution >= 4 is 0 Å². The van der Waals surface area contributed by atoms with Gasteiger partial charge in [0.15, 0.2) is 0 Å². The quantitative estimate of drug-likeness (QED) is 0.835. The first-order valence-electron chi connectivity index (χ1n) is 6.31. The molecule has 3 heteroatoms. The highest BCUT2D eigenvalue weighted by Crippen LogP contribution is 2.38. The Morgan fingerprint density at radius 3 is 2.76 bits per heavy atom. The van der Waals surface area contributed by atoms with Crippen LogP contribution in [-0.4, -0.2) is 42.4 Å². The molecule has 0 amide bonds. The molecule has 0 saturated carbocycles. The smallest absolute Gasteiger partial charge is 0.0665 e. The summed E-state index contributed by atoms with van der Waals surface area (Å²) in [4.78, 5) is 2.38. The molecule has 0 aromatic heterocycles. The van der Waals surface area contributed by atoms with Gasteiger partial charge in [-0.3, -0.25) is 4.90 Å². The SMILES string of the molecule is OC1CCOCC12CN(Cc1ccccc1)C2. The average Bonchev–Trinajstić information content (AvgIpc) is 2.31. The van der Waals surface area contributed by atoms with E-state index in [0.29, 0.717) is 6.61 Å². The summed E-state index contributed by atoms with van der Waals surface area (Å²) in [5.41, 5.74) is 1.36. The van der Waals surface area contributed by atoms with Crippen molar-refractivity contribution in [2.45, 2.75) is 19.1 Å². The first kappa shape index (κ1) is 11.2. The first-order valence-corrected chi connectivity index (χ1v) is 6.31. The van der Waals surface area contributed by atoms with Crippen LogP contribution in [0.15, 0.2) is 30.3 Å². The van der Waals surface area contributed by atoms with Crippen molar-refractivity contribution in [2.75, 3.05) is 26.3 Å². The highest BCUT2D eigenvalue weighted by Gasteiger charge is 2.49. The van der Waals surface area contributed by atoms with Crippen LogP contribution in [0.5, 0.6) is 0 Å². The minimum atomic E-state index is -0.178. The molecule has 0 bridgehead atoms. The van der Waals surface area contributed by atoms with E-state index in [-0.39, 0.29) is 11.5 Å².